The van der Waals surface area contributed by atoms with Crippen molar-refractivity contribution >= 4 is 5.97 Å². The van der Waals surface area contributed by atoms with Crippen molar-refractivity contribution in [3.8, 4) is 0 Å². The second-order valence-corrected chi connectivity index (χ2v) is 6.32. The van der Waals surface area contributed by atoms with Gasteiger partial charge in [0.05, 0.1) is 13.2 Å². The van der Waals surface area contributed by atoms with Crippen LogP contribution in [0.4, 0.5) is 0 Å². The number of hydrogen-bond donors (Lipinski definition) is 0. The van der Waals surface area contributed by atoms with Crippen molar-refractivity contribution in [2.45, 2.75) is 46.0 Å². The summed E-state index contributed by atoms with van der Waals surface area (Å²) in [6.45, 7) is 7.89. The summed E-state index contributed by atoms with van der Waals surface area (Å²) < 4.78 is 5.47. The van der Waals surface area contributed by atoms with Crippen LogP contribution in [-0.4, -0.2) is 37.1 Å². The highest BCUT2D eigenvalue weighted by atomic mass is 16.5. The molecule has 2 rings (SSSR count). The molecule has 0 aromatic carbocycles. The minimum Gasteiger partial charge on any atom is -0.464 e. The second kappa shape index (κ2) is 6.55. The molecule has 2 fully saturated rings. The minimum atomic E-state index is -0.0253. The van der Waals surface area contributed by atoms with Crippen LogP contribution in [0.5, 0.6) is 0 Å². The van der Waals surface area contributed by atoms with Gasteiger partial charge in [0.2, 0.25) is 0 Å². The molecule has 3 nitrogen and oxygen atoms in total. The molecule has 0 N–H and O–H groups in total. The summed E-state index contributed by atoms with van der Waals surface area (Å²) in [4.78, 5) is 14.0. The van der Waals surface area contributed by atoms with Gasteiger partial charge < -0.3 is 4.74 Å². The van der Waals surface area contributed by atoms with E-state index in [1.165, 1.54) is 32.1 Å². The first-order valence-electron chi connectivity index (χ1n) is 7.53. The lowest BCUT2D eigenvalue weighted by Gasteiger charge is -2.32. The van der Waals surface area contributed by atoms with Crippen LogP contribution in [0.15, 0.2) is 0 Å². The highest BCUT2D eigenvalue weighted by Gasteiger charge is 2.26. The molecule has 1 saturated carbocycles. The third-order valence-electron chi connectivity index (χ3n) is 4.62. The molecule has 3 heteroatoms. The maximum atomic E-state index is 11.7. The Bertz CT molecular complexity index is 274. The topological polar surface area (TPSA) is 29.5 Å². The van der Waals surface area contributed by atoms with Crippen LogP contribution in [-0.2, 0) is 9.53 Å². The fourth-order valence-electron chi connectivity index (χ4n) is 3.34. The summed E-state index contributed by atoms with van der Waals surface area (Å²) in [5, 5.41) is 0. The Morgan fingerprint density at radius 1 is 1.22 bits per heavy atom. The van der Waals surface area contributed by atoms with Crippen LogP contribution in [0.3, 0.4) is 0 Å². The number of carbonyl (C=O) groups is 1. The van der Waals surface area contributed by atoms with Crippen LogP contribution in [0.2, 0.25) is 0 Å². The first-order valence-corrected chi connectivity index (χ1v) is 7.53. The van der Waals surface area contributed by atoms with Crippen molar-refractivity contribution in [3.63, 3.8) is 0 Å². The van der Waals surface area contributed by atoms with E-state index < -0.39 is 0 Å². The van der Waals surface area contributed by atoms with Gasteiger partial charge in [0, 0.05) is 0 Å². The van der Waals surface area contributed by atoms with Gasteiger partial charge in [-0.15, -0.1) is 0 Å². The molecule has 3 atom stereocenters. The Kier molecular flexibility index (Phi) is 5.04. The summed E-state index contributed by atoms with van der Waals surface area (Å²) in [6, 6.07) is 0. The van der Waals surface area contributed by atoms with Gasteiger partial charge in [-0.25, -0.2) is 0 Å². The molecule has 0 aromatic rings. The summed E-state index contributed by atoms with van der Waals surface area (Å²) >= 11 is 0. The average Bonchev–Trinajstić information content (AvgIpc) is 2.80. The van der Waals surface area contributed by atoms with Gasteiger partial charge in [-0.3, -0.25) is 9.69 Å². The predicted octanol–water partition coefficient (Wildman–Crippen LogP) is 2.70. The molecule has 0 radical (unpaired) electrons. The summed E-state index contributed by atoms with van der Waals surface area (Å²) in [5.41, 5.74) is 0. The molecule has 0 spiro atoms. The largest absolute Gasteiger partial charge is 0.464 e. The quantitative estimate of drug-likeness (QED) is 0.721. The monoisotopic (exact) mass is 253 g/mol. The maximum Gasteiger partial charge on any atom is 0.320 e. The fourth-order valence-corrected chi connectivity index (χ4v) is 3.34. The zero-order chi connectivity index (χ0) is 13.0. The molecule has 0 unspecified atom stereocenters. The zero-order valence-corrected chi connectivity index (χ0v) is 11.9. The van der Waals surface area contributed by atoms with Gasteiger partial charge in [-0.2, -0.15) is 0 Å². The standard InChI is InChI=1S/C15H27NO2/c1-12-5-6-14(13(2)9-12)11-18-15(17)10-16-7-3-4-8-16/h12-14H,3-11H2,1-2H3/t12-,13+,14+/m1/s1. The second-order valence-electron chi connectivity index (χ2n) is 6.32. The zero-order valence-electron chi connectivity index (χ0n) is 11.9. The Balaban J connectivity index is 1.65. The van der Waals surface area contributed by atoms with Crippen LogP contribution < -0.4 is 0 Å². The van der Waals surface area contributed by atoms with Crippen LogP contribution in [0.1, 0.15) is 46.0 Å². The lowest BCUT2D eigenvalue weighted by atomic mass is 9.76. The van der Waals surface area contributed by atoms with Crippen molar-refractivity contribution in [2.24, 2.45) is 17.8 Å². The fraction of sp³-hybridized carbons (Fsp3) is 0.933. The van der Waals surface area contributed by atoms with Crippen molar-refractivity contribution < 1.29 is 9.53 Å². The van der Waals surface area contributed by atoms with E-state index in [9.17, 15) is 4.79 Å². The first kappa shape index (κ1) is 13.9. The Hall–Kier alpha value is -0.570. The van der Waals surface area contributed by atoms with E-state index in [2.05, 4.69) is 18.7 Å². The van der Waals surface area contributed by atoms with Gasteiger partial charge in [0.15, 0.2) is 0 Å². The molecule has 1 aliphatic carbocycles. The third kappa shape index (κ3) is 3.98. The highest BCUT2D eigenvalue weighted by molar-refractivity contribution is 5.71. The van der Waals surface area contributed by atoms with Crippen LogP contribution >= 0.6 is 0 Å². The SMILES string of the molecule is C[C@@H]1CC[C@@H](COC(=O)CN2CCCC2)[C@@H](C)C1. The van der Waals surface area contributed by atoms with Gasteiger partial charge in [-0.1, -0.05) is 20.3 Å². The lowest BCUT2D eigenvalue weighted by molar-refractivity contribution is -0.147. The number of ether oxygens (including phenoxy) is 1. The number of esters is 1. The van der Waals surface area contributed by atoms with Crippen LogP contribution in [0, 0.1) is 17.8 Å². The molecule has 1 saturated heterocycles. The Morgan fingerprint density at radius 2 is 1.94 bits per heavy atom. The summed E-state index contributed by atoms with van der Waals surface area (Å²) in [5.74, 6) is 2.11. The Morgan fingerprint density at radius 3 is 2.61 bits per heavy atom. The molecular weight excluding hydrogens is 226 g/mol. The number of carbonyl (C=O) groups excluding carboxylic acids is 1. The third-order valence-corrected chi connectivity index (χ3v) is 4.62. The van der Waals surface area contributed by atoms with E-state index in [-0.39, 0.29) is 5.97 Å². The van der Waals surface area contributed by atoms with E-state index in [0.717, 1.165) is 19.0 Å². The van der Waals surface area contributed by atoms with E-state index in [0.29, 0.717) is 25.0 Å². The number of nitrogens with zero attached hydrogens (tertiary/aromatic N) is 1. The molecule has 104 valence electrons. The minimum absolute atomic E-state index is 0.0253. The van der Waals surface area contributed by atoms with Gasteiger partial charge in [-0.05, 0) is 56.5 Å². The van der Waals surface area contributed by atoms with Crippen molar-refractivity contribution in [3.05, 3.63) is 0 Å². The molecule has 0 aromatic heterocycles. The molecular formula is C15H27NO2. The normalized spacial score (nSPS) is 33.6. The summed E-state index contributed by atoms with van der Waals surface area (Å²) in [6.07, 6.45) is 6.25. The maximum absolute atomic E-state index is 11.7. The average molecular weight is 253 g/mol. The van der Waals surface area contributed by atoms with Crippen molar-refractivity contribution in [1.82, 2.24) is 4.90 Å². The first-order chi connectivity index (χ1) is 8.65. The lowest BCUT2D eigenvalue weighted by Crippen LogP contribution is -2.31. The Labute approximate surface area is 111 Å². The molecule has 0 bridgehead atoms. The van der Waals surface area contributed by atoms with Gasteiger partial charge in [0.1, 0.15) is 0 Å². The molecule has 1 heterocycles. The molecule has 1 aliphatic heterocycles. The number of hydrogen-bond acceptors (Lipinski definition) is 3. The predicted molar refractivity (Wildman–Crippen MR) is 72.3 cm³/mol. The summed E-state index contributed by atoms with van der Waals surface area (Å²) in [7, 11) is 0. The van der Waals surface area contributed by atoms with Gasteiger partial charge >= 0.3 is 5.97 Å². The van der Waals surface area contributed by atoms with Crippen molar-refractivity contribution in [1.29, 1.82) is 0 Å². The molecule has 0 amide bonds. The molecule has 18 heavy (non-hydrogen) atoms. The van der Waals surface area contributed by atoms with E-state index >= 15 is 0 Å². The van der Waals surface area contributed by atoms with E-state index in [1.807, 2.05) is 0 Å². The van der Waals surface area contributed by atoms with E-state index in [4.69, 9.17) is 4.74 Å². The van der Waals surface area contributed by atoms with Gasteiger partial charge in [0.25, 0.3) is 0 Å². The van der Waals surface area contributed by atoms with Crippen LogP contribution in [0.25, 0.3) is 0 Å². The number of rotatable bonds is 4. The van der Waals surface area contributed by atoms with E-state index in [1.54, 1.807) is 0 Å². The molecule has 2 aliphatic rings. The highest BCUT2D eigenvalue weighted by Crippen LogP contribution is 2.33. The number of likely N-dealkylation sites (tertiary alicyclic amines) is 1. The van der Waals surface area contributed by atoms with Crippen molar-refractivity contribution in [2.75, 3.05) is 26.2 Å². The smallest absolute Gasteiger partial charge is 0.320 e.